The van der Waals surface area contributed by atoms with Crippen LogP contribution < -0.4 is 15.4 Å². The molecule has 1 aromatic rings. The van der Waals surface area contributed by atoms with Crippen molar-refractivity contribution in [3.8, 4) is 5.75 Å². The Hall–Kier alpha value is -1.22. The lowest BCUT2D eigenvalue weighted by Crippen LogP contribution is -2.12. The normalized spacial score (nSPS) is 22.2. The molecule has 0 saturated carbocycles. The number of rotatable bonds is 4. The van der Waals surface area contributed by atoms with Crippen molar-refractivity contribution < 1.29 is 4.74 Å². The van der Waals surface area contributed by atoms with E-state index in [2.05, 4.69) is 28.8 Å². The topological polar surface area (TPSA) is 33.3 Å². The van der Waals surface area contributed by atoms with Crippen LogP contribution in [-0.2, 0) is 6.42 Å². The smallest absolute Gasteiger partial charge is 0.122 e. The van der Waals surface area contributed by atoms with E-state index in [-0.39, 0.29) is 0 Å². The van der Waals surface area contributed by atoms with Gasteiger partial charge in [-0.3, -0.25) is 0 Å². The molecule has 17 heavy (non-hydrogen) atoms. The van der Waals surface area contributed by atoms with Crippen molar-refractivity contribution in [2.75, 3.05) is 31.6 Å². The third kappa shape index (κ3) is 2.55. The van der Waals surface area contributed by atoms with Gasteiger partial charge < -0.3 is 15.4 Å². The predicted octanol–water partition coefficient (Wildman–Crippen LogP) is 2.03. The van der Waals surface area contributed by atoms with Crippen LogP contribution in [0.25, 0.3) is 0 Å². The maximum absolute atomic E-state index is 5.50. The Morgan fingerprint density at radius 1 is 1.41 bits per heavy atom. The monoisotopic (exact) mass is 232 g/mol. The first-order valence-electron chi connectivity index (χ1n) is 6.62. The standard InChI is InChI=1S/C14H20N2O/c1-2-14-12(5-8-17-14)9-13(1)16-7-4-11-3-6-15-10-11/h1-2,9,11,15-16H,3-8,10H2. The van der Waals surface area contributed by atoms with E-state index in [1.807, 2.05) is 0 Å². The Bertz CT molecular complexity index is 386. The highest BCUT2D eigenvalue weighted by Crippen LogP contribution is 2.27. The van der Waals surface area contributed by atoms with E-state index in [0.29, 0.717) is 0 Å². The summed E-state index contributed by atoms with van der Waals surface area (Å²) in [4.78, 5) is 0. The summed E-state index contributed by atoms with van der Waals surface area (Å²) in [5.74, 6) is 1.93. The molecule has 0 spiro atoms. The summed E-state index contributed by atoms with van der Waals surface area (Å²) < 4.78 is 5.50. The third-order valence-corrected chi connectivity index (χ3v) is 3.73. The molecule has 2 aliphatic rings. The van der Waals surface area contributed by atoms with Crippen molar-refractivity contribution in [3.05, 3.63) is 23.8 Å². The molecular formula is C14H20N2O. The molecule has 3 nitrogen and oxygen atoms in total. The Morgan fingerprint density at radius 3 is 3.29 bits per heavy atom. The zero-order chi connectivity index (χ0) is 11.5. The molecule has 0 amide bonds. The van der Waals surface area contributed by atoms with Crippen LogP contribution in [0, 0.1) is 5.92 Å². The van der Waals surface area contributed by atoms with E-state index >= 15 is 0 Å². The minimum absolute atomic E-state index is 0.840. The van der Waals surface area contributed by atoms with Crippen LogP contribution in [0.5, 0.6) is 5.75 Å². The van der Waals surface area contributed by atoms with Crippen molar-refractivity contribution in [1.29, 1.82) is 0 Å². The number of nitrogens with one attached hydrogen (secondary N) is 2. The Morgan fingerprint density at radius 2 is 2.41 bits per heavy atom. The van der Waals surface area contributed by atoms with Crippen molar-refractivity contribution in [3.63, 3.8) is 0 Å². The average Bonchev–Trinajstić information content (AvgIpc) is 2.98. The number of hydrogen-bond donors (Lipinski definition) is 2. The molecule has 1 atom stereocenters. The fourth-order valence-electron chi connectivity index (χ4n) is 2.68. The fraction of sp³-hybridized carbons (Fsp3) is 0.571. The molecule has 3 rings (SSSR count). The molecule has 0 aromatic heterocycles. The summed E-state index contributed by atoms with van der Waals surface area (Å²) in [7, 11) is 0. The minimum atomic E-state index is 0.840. The maximum Gasteiger partial charge on any atom is 0.122 e. The Labute approximate surface area is 103 Å². The van der Waals surface area contributed by atoms with Crippen molar-refractivity contribution in [1.82, 2.24) is 5.32 Å². The maximum atomic E-state index is 5.50. The van der Waals surface area contributed by atoms with Gasteiger partial charge in [0.2, 0.25) is 0 Å². The van der Waals surface area contributed by atoms with Gasteiger partial charge in [-0.2, -0.15) is 0 Å². The van der Waals surface area contributed by atoms with Gasteiger partial charge in [-0.05, 0) is 55.6 Å². The van der Waals surface area contributed by atoms with Crippen molar-refractivity contribution in [2.45, 2.75) is 19.3 Å². The van der Waals surface area contributed by atoms with E-state index < -0.39 is 0 Å². The quantitative estimate of drug-likeness (QED) is 0.833. The summed E-state index contributed by atoms with van der Waals surface area (Å²) in [6.07, 6.45) is 3.65. The first-order chi connectivity index (χ1) is 8.42. The molecule has 2 N–H and O–H groups in total. The van der Waals surface area contributed by atoms with E-state index in [1.165, 1.54) is 37.2 Å². The molecule has 1 aromatic carbocycles. The third-order valence-electron chi connectivity index (χ3n) is 3.73. The predicted molar refractivity (Wildman–Crippen MR) is 69.7 cm³/mol. The van der Waals surface area contributed by atoms with Crippen LogP contribution >= 0.6 is 0 Å². The van der Waals surface area contributed by atoms with Gasteiger partial charge in [0, 0.05) is 18.7 Å². The lowest BCUT2D eigenvalue weighted by atomic mass is 10.1. The van der Waals surface area contributed by atoms with Gasteiger partial charge in [-0.1, -0.05) is 0 Å². The van der Waals surface area contributed by atoms with Gasteiger partial charge in [0.1, 0.15) is 5.75 Å². The van der Waals surface area contributed by atoms with E-state index in [4.69, 9.17) is 4.74 Å². The number of fused-ring (bicyclic) bond motifs is 1. The largest absolute Gasteiger partial charge is 0.493 e. The van der Waals surface area contributed by atoms with Crippen LogP contribution in [0.4, 0.5) is 5.69 Å². The molecule has 2 heterocycles. The van der Waals surface area contributed by atoms with Crippen molar-refractivity contribution in [2.24, 2.45) is 5.92 Å². The van der Waals surface area contributed by atoms with Gasteiger partial charge in [0.15, 0.2) is 0 Å². The van der Waals surface area contributed by atoms with Gasteiger partial charge in [-0.15, -0.1) is 0 Å². The van der Waals surface area contributed by atoms with Gasteiger partial charge in [0.05, 0.1) is 6.61 Å². The molecule has 1 saturated heterocycles. The van der Waals surface area contributed by atoms with Crippen LogP contribution in [0.2, 0.25) is 0 Å². The fourth-order valence-corrected chi connectivity index (χ4v) is 2.68. The second-order valence-corrected chi connectivity index (χ2v) is 5.00. The lowest BCUT2D eigenvalue weighted by molar-refractivity contribution is 0.357. The highest BCUT2D eigenvalue weighted by Gasteiger charge is 2.14. The van der Waals surface area contributed by atoms with Crippen molar-refractivity contribution >= 4 is 5.69 Å². The molecule has 3 heteroatoms. The summed E-state index contributed by atoms with van der Waals surface area (Å²) >= 11 is 0. The van der Waals surface area contributed by atoms with E-state index in [0.717, 1.165) is 31.2 Å². The molecule has 2 aliphatic heterocycles. The number of anilines is 1. The number of ether oxygens (including phenoxy) is 1. The molecule has 0 aliphatic carbocycles. The highest BCUT2D eigenvalue weighted by atomic mass is 16.5. The highest BCUT2D eigenvalue weighted by molar-refractivity contribution is 5.52. The Balaban J connectivity index is 1.51. The van der Waals surface area contributed by atoms with Gasteiger partial charge >= 0.3 is 0 Å². The lowest BCUT2D eigenvalue weighted by Gasteiger charge is -2.11. The first-order valence-corrected chi connectivity index (χ1v) is 6.62. The van der Waals surface area contributed by atoms with Gasteiger partial charge in [0.25, 0.3) is 0 Å². The SMILES string of the molecule is c1cc2c(cc1NCCC1CCNC1)CCO2. The number of benzene rings is 1. The molecule has 92 valence electrons. The Kier molecular flexibility index (Phi) is 3.18. The summed E-state index contributed by atoms with van der Waals surface area (Å²) in [5.41, 5.74) is 2.58. The molecule has 0 radical (unpaired) electrons. The minimum Gasteiger partial charge on any atom is -0.493 e. The molecule has 1 unspecified atom stereocenters. The van der Waals surface area contributed by atoms with Gasteiger partial charge in [-0.25, -0.2) is 0 Å². The zero-order valence-corrected chi connectivity index (χ0v) is 10.2. The number of hydrogen-bond acceptors (Lipinski definition) is 3. The molecular weight excluding hydrogens is 212 g/mol. The second-order valence-electron chi connectivity index (χ2n) is 5.00. The van der Waals surface area contributed by atoms with Crippen LogP contribution in [0.3, 0.4) is 0 Å². The second kappa shape index (κ2) is 4.96. The molecule has 1 fully saturated rings. The summed E-state index contributed by atoms with van der Waals surface area (Å²) in [5, 5.41) is 6.93. The van der Waals surface area contributed by atoms with Crippen LogP contribution in [0.1, 0.15) is 18.4 Å². The van der Waals surface area contributed by atoms with E-state index in [9.17, 15) is 0 Å². The first kappa shape index (κ1) is 10.9. The molecule has 0 bridgehead atoms. The van der Waals surface area contributed by atoms with Crippen LogP contribution in [-0.4, -0.2) is 26.2 Å². The average molecular weight is 232 g/mol. The van der Waals surface area contributed by atoms with Crippen LogP contribution in [0.15, 0.2) is 18.2 Å². The zero-order valence-electron chi connectivity index (χ0n) is 10.2. The summed E-state index contributed by atoms with van der Waals surface area (Å²) in [6, 6.07) is 6.44. The van der Waals surface area contributed by atoms with E-state index in [1.54, 1.807) is 0 Å². The summed E-state index contributed by atoms with van der Waals surface area (Å²) in [6.45, 7) is 4.30.